The van der Waals surface area contributed by atoms with E-state index in [2.05, 4.69) is 4.98 Å². The molecule has 2 aromatic rings. The van der Waals surface area contributed by atoms with Gasteiger partial charge in [0.05, 0.1) is 0 Å². The van der Waals surface area contributed by atoms with Gasteiger partial charge in [-0.15, -0.1) is 0 Å². The number of phenols is 1. The van der Waals surface area contributed by atoms with Crippen molar-refractivity contribution in [2.75, 3.05) is 0 Å². The summed E-state index contributed by atoms with van der Waals surface area (Å²) in [7, 11) is 0. The molecule has 0 unspecified atom stereocenters. The van der Waals surface area contributed by atoms with E-state index in [-0.39, 0.29) is 5.75 Å². The van der Waals surface area contributed by atoms with Crippen molar-refractivity contribution in [2.24, 2.45) is 0 Å². The average molecular weight is 203 g/mol. The van der Waals surface area contributed by atoms with Gasteiger partial charge in [-0.2, -0.15) is 0 Å². The third-order valence-electron chi connectivity index (χ3n) is 2.18. The fourth-order valence-corrected chi connectivity index (χ4v) is 1.41. The van der Waals surface area contributed by atoms with Gasteiger partial charge < -0.3 is 5.11 Å². The van der Waals surface area contributed by atoms with Gasteiger partial charge >= 0.3 is 0 Å². The predicted octanol–water partition coefficient (Wildman–Crippen LogP) is 2.90. The van der Waals surface area contributed by atoms with E-state index in [1.54, 1.807) is 18.3 Å². The Morgan fingerprint density at radius 3 is 2.53 bits per heavy atom. The molecule has 15 heavy (non-hydrogen) atoms. The van der Waals surface area contributed by atoms with Gasteiger partial charge in [0.2, 0.25) is 0 Å². The lowest BCUT2D eigenvalue weighted by atomic mass is 10.1. The van der Waals surface area contributed by atoms with Gasteiger partial charge in [0.15, 0.2) is 11.6 Å². The normalized spacial score (nSPS) is 10.3. The maximum Gasteiger partial charge on any atom is 0.165 e. The van der Waals surface area contributed by atoms with Crippen LogP contribution in [0.25, 0.3) is 11.1 Å². The summed E-state index contributed by atoms with van der Waals surface area (Å²) in [6.45, 7) is 1.88. The van der Waals surface area contributed by atoms with Crippen molar-refractivity contribution in [3.05, 3.63) is 48.0 Å². The molecule has 0 aliphatic carbocycles. The molecular weight excluding hydrogens is 193 g/mol. The summed E-state index contributed by atoms with van der Waals surface area (Å²) in [4.78, 5) is 4.06. The first kappa shape index (κ1) is 9.65. The van der Waals surface area contributed by atoms with Crippen LogP contribution in [0.5, 0.6) is 5.75 Å². The zero-order valence-electron chi connectivity index (χ0n) is 8.24. The third-order valence-corrected chi connectivity index (χ3v) is 2.18. The Balaban J connectivity index is 2.50. The van der Waals surface area contributed by atoms with Crippen molar-refractivity contribution >= 4 is 0 Å². The first-order valence-electron chi connectivity index (χ1n) is 4.58. The number of pyridine rings is 1. The van der Waals surface area contributed by atoms with E-state index in [0.717, 1.165) is 16.8 Å². The summed E-state index contributed by atoms with van der Waals surface area (Å²) in [5.41, 5.74) is 2.50. The van der Waals surface area contributed by atoms with E-state index in [0.29, 0.717) is 0 Å². The van der Waals surface area contributed by atoms with Crippen LogP contribution in [0, 0.1) is 12.7 Å². The smallest absolute Gasteiger partial charge is 0.165 e. The summed E-state index contributed by atoms with van der Waals surface area (Å²) in [6.07, 6.45) is 1.68. The molecule has 2 nitrogen and oxygen atoms in total. The second-order valence-electron chi connectivity index (χ2n) is 3.35. The fourth-order valence-electron chi connectivity index (χ4n) is 1.41. The number of rotatable bonds is 1. The molecule has 1 heterocycles. The van der Waals surface area contributed by atoms with Crippen molar-refractivity contribution in [3.8, 4) is 16.9 Å². The summed E-state index contributed by atoms with van der Waals surface area (Å²) < 4.78 is 13.1. The van der Waals surface area contributed by atoms with Crippen molar-refractivity contribution < 1.29 is 9.50 Å². The van der Waals surface area contributed by atoms with Gasteiger partial charge in [0, 0.05) is 11.9 Å². The van der Waals surface area contributed by atoms with Crippen LogP contribution in [0.3, 0.4) is 0 Å². The summed E-state index contributed by atoms with van der Waals surface area (Å²) in [5.74, 6) is -0.938. The van der Waals surface area contributed by atoms with E-state index < -0.39 is 5.82 Å². The number of hydrogen-bond acceptors (Lipinski definition) is 2. The number of aromatic nitrogens is 1. The maximum atomic E-state index is 13.1. The highest BCUT2D eigenvalue weighted by molar-refractivity contribution is 5.64. The quantitative estimate of drug-likeness (QED) is 0.773. The summed E-state index contributed by atoms with van der Waals surface area (Å²) in [5, 5.41) is 9.06. The highest BCUT2D eigenvalue weighted by Crippen LogP contribution is 2.24. The molecule has 0 spiro atoms. The zero-order valence-corrected chi connectivity index (χ0v) is 8.24. The highest BCUT2D eigenvalue weighted by Gasteiger charge is 2.03. The van der Waals surface area contributed by atoms with E-state index in [1.165, 1.54) is 12.1 Å². The summed E-state index contributed by atoms with van der Waals surface area (Å²) >= 11 is 0. The molecule has 76 valence electrons. The van der Waals surface area contributed by atoms with Gasteiger partial charge in [-0.1, -0.05) is 6.07 Å². The first-order chi connectivity index (χ1) is 7.16. The molecule has 1 N–H and O–H groups in total. The molecule has 0 saturated heterocycles. The number of nitrogens with zero attached hydrogens (tertiary/aromatic N) is 1. The van der Waals surface area contributed by atoms with Gasteiger partial charge in [-0.3, -0.25) is 4.98 Å². The Labute approximate surface area is 87.0 Å². The van der Waals surface area contributed by atoms with E-state index in [1.807, 2.05) is 13.0 Å². The van der Waals surface area contributed by atoms with Crippen molar-refractivity contribution in [3.63, 3.8) is 0 Å². The molecular formula is C12H10FNO. The van der Waals surface area contributed by atoms with Crippen LogP contribution in [0.4, 0.5) is 4.39 Å². The van der Waals surface area contributed by atoms with Gasteiger partial charge in [0.1, 0.15) is 0 Å². The SMILES string of the molecule is Cc1cc(-c2ccc(O)c(F)c2)ccn1. The lowest BCUT2D eigenvalue weighted by Gasteiger charge is -2.03. The van der Waals surface area contributed by atoms with Crippen LogP contribution < -0.4 is 0 Å². The zero-order chi connectivity index (χ0) is 10.8. The second-order valence-corrected chi connectivity index (χ2v) is 3.35. The van der Waals surface area contributed by atoms with Crippen LogP contribution in [-0.4, -0.2) is 10.1 Å². The molecule has 0 bridgehead atoms. The van der Waals surface area contributed by atoms with Crippen molar-refractivity contribution in [2.45, 2.75) is 6.92 Å². The van der Waals surface area contributed by atoms with Crippen LogP contribution in [0.1, 0.15) is 5.69 Å². The van der Waals surface area contributed by atoms with Gasteiger partial charge in [-0.05, 0) is 42.3 Å². The average Bonchev–Trinajstić information content (AvgIpc) is 2.22. The van der Waals surface area contributed by atoms with Crippen LogP contribution in [0.15, 0.2) is 36.5 Å². The number of aromatic hydroxyl groups is 1. The minimum Gasteiger partial charge on any atom is -0.505 e. The number of hydrogen-bond donors (Lipinski definition) is 1. The Hall–Kier alpha value is -1.90. The third kappa shape index (κ3) is 1.96. The molecule has 3 heteroatoms. The standard InChI is InChI=1S/C12H10FNO/c1-8-6-10(4-5-14-8)9-2-3-12(15)11(13)7-9/h2-7,15H,1H3. The molecule has 0 fully saturated rings. The Bertz CT molecular complexity index is 497. The second kappa shape index (κ2) is 3.69. The number of aryl methyl sites for hydroxylation is 1. The highest BCUT2D eigenvalue weighted by atomic mass is 19.1. The lowest BCUT2D eigenvalue weighted by Crippen LogP contribution is -1.84. The number of benzene rings is 1. The molecule has 1 aromatic heterocycles. The predicted molar refractivity (Wildman–Crippen MR) is 56.0 cm³/mol. The van der Waals surface area contributed by atoms with Gasteiger partial charge in [0.25, 0.3) is 0 Å². The van der Waals surface area contributed by atoms with Crippen molar-refractivity contribution in [1.82, 2.24) is 4.98 Å². The lowest BCUT2D eigenvalue weighted by molar-refractivity contribution is 0.432. The minimum absolute atomic E-state index is 0.329. The van der Waals surface area contributed by atoms with Crippen LogP contribution in [-0.2, 0) is 0 Å². The van der Waals surface area contributed by atoms with E-state index >= 15 is 0 Å². The van der Waals surface area contributed by atoms with E-state index in [9.17, 15) is 4.39 Å². The topological polar surface area (TPSA) is 33.1 Å². The van der Waals surface area contributed by atoms with Gasteiger partial charge in [-0.25, -0.2) is 4.39 Å². The number of phenolic OH excluding ortho intramolecular Hbond substituents is 1. The van der Waals surface area contributed by atoms with Crippen LogP contribution in [0.2, 0.25) is 0 Å². The Morgan fingerprint density at radius 2 is 1.87 bits per heavy atom. The summed E-state index contributed by atoms with van der Waals surface area (Å²) in [6, 6.07) is 8.00. The Morgan fingerprint density at radius 1 is 1.13 bits per heavy atom. The monoisotopic (exact) mass is 203 g/mol. The molecule has 0 amide bonds. The molecule has 2 rings (SSSR count). The number of halogens is 1. The molecule has 0 saturated carbocycles. The first-order valence-corrected chi connectivity index (χ1v) is 4.58. The Kier molecular flexibility index (Phi) is 2.37. The molecule has 0 aliphatic heterocycles. The molecule has 0 atom stereocenters. The fraction of sp³-hybridized carbons (Fsp3) is 0.0833. The van der Waals surface area contributed by atoms with Crippen LogP contribution >= 0.6 is 0 Å². The largest absolute Gasteiger partial charge is 0.505 e. The molecule has 1 aromatic carbocycles. The molecule has 0 aliphatic rings. The molecule has 0 radical (unpaired) electrons. The maximum absolute atomic E-state index is 13.1. The van der Waals surface area contributed by atoms with E-state index in [4.69, 9.17) is 5.11 Å². The van der Waals surface area contributed by atoms with Crippen molar-refractivity contribution in [1.29, 1.82) is 0 Å². The minimum atomic E-state index is -0.609.